The van der Waals surface area contributed by atoms with Gasteiger partial charge in [-0.15, -0.1) is 0 Å². The lowest BCUT2D eigenvalue weighted by Crippen LogP contribution is -2.14. The van der Waals surface area contributed by atoms with Crippen LogP contribution in [0.2, 0.25) is 0 Å². The fraction of sp³-hybridized carbons (Fsp3) is 0.455. The van der Waals surface area contributed by atoms with Crippen molar-refractivity contribution in [3.63, 3.8) is 0 Å². The van der Waals surface area contributed by atoms with Gasteiger partial charge in [0.25, 0.3) is 0 Å². The Kier molecular flexibility index (Phi) is 2.01. The van der Waals surface area contributed by atoms with Gasteiger partial charge in [-0.05, 0) is 18.9 Å². The largest absolute Gasteiger partial charge is 0.495 e. The van der Waals surface area contributed by atoms with Crippen LogP contribution < -0.4 is 14.6 Å². The third-order valence-electron chi connectivity index (χ3n) is 3.50. The van der Waals surface area contributed by atoms with Crippen molar-refractivity contribution in [1.29, 1.82) is 0 Å². The van der Waals surface area contributed by atoms with Crippen LogP contribution in [0.3, 0.4) is 0 Å². The van der Waals surface area contributed by atoms with Crippen LogP contribution in [-0.2, 0) is 15.4 Å². The van der Waals surface area contributed by atoms with Crippen molar-refractivity contribution in [2.75, 3.05) is 13.7 Å². The highest BCUT2D eigenvalue weighted by Crippen LogP contribution is 2.57. The number of rotatable bonds is 2. The molecule has 1 heterocycles. The summed E-state index contributed by atoms with van der Waals surface area (Å²) in [7, 11) is -2.43. The van der Waals surface area contributed by atoms with Crippen molar-refractivity contribution in [3.05, 3.63) is 17.7 Å². The molecule has 1 aliphatic heterocycles. The van der Waals surface area contributed by atoms with Gasteiger partial charge in [-0.2, -0.15) is 0 Å². The Morgan fingerprint density at radius 2 is 2.12 bits per heavy atom. The van der Waals surface area contributed by atoms with Crippen LogP contribution in [0.25, 0.3) is 0 Å². The van der Waals surface area contributed by atoms with E-state index < -0.39 is 10.0 Å². The van der Waals surface area contributed by atoms with Gasteiger partial charge in [0.1, 0.15) is 11.5 Å². The summed E-state index contributed by atoms with van der Waals surface area (Å²) in [6.45, 7) is 0.540. The number of sulfonamides is 1. The predicted octanol–water partition coefficient (Wildman–Crippen LogP) is 0.767. The van der Waals surface area contributed by atoms with Crippen LogP contribution in [0.15, 0.2) is 17.0 Å². The standard InChI is InChI=1S/C11H13NO4S/c1-15-8-3-2-7-9(10(8)17(12,13)14)16-6-11(7)4-5-11/h2-3H,4-6H2,1H3,(H2,12,13,14). The van der Waals surface area contributed by atoms with Crippen molar-refractivity contribution < 1.29 is 17.9 Å². The molecule has 1 aliphatic carbocycles. The van der Waals surface area contributed by atoms with Gasteiger partial charge in [0.05, 0.1) is 13.7 Å². The van der Waals surface area contributed by atoms with E-state index in [1.807, 2.05) is 6.07 Å². The molecule has 92 valence electrons. The average Bonchev–Trinajstić information content (AvgIpc) is 2.94. The number of nitrogens with two attached hydrogens (primary N) is 1. The summed E-state index contributed by atoms with van der Waals surface area (Å²) in [6, 6.07) is 3.52. The lowest BCUT2D eigenvalue weighted by Gasteiger charge is -2.11. The number of ether oxygens (including phenoxy) is 2. The SMILES string of the molecule is COc1ccc2c(c1S(N)(=O)=O)OCC21CC1. The summed E-state index contributed by atoms with van der Waals surface area (Å²) >= 11 is 0. The fourth-order valence-corrected chi connectivity index (χ4v) is 3.25. The second-order valence-electron chi connectivity index (χ2n) is 4.59. The second kappa shape index (κ2) is 3.14. The van der Waals surface area contributed by atoms with E-state index in [-0.39, 0.29) is 16.1 Å². The predicted molar refractivity (Wildman–Crippen MR) is 60.8 cm³/mol. The minimum Gasteiger partial charge on any atom is -0.495 e. The summed E-state index contributed by atoms with van der Waals surface area (Å²) in [5, 5.41) is 5.23. The first kappa shape index (κ1) is 10.9. The number of benzene rings is 1. The zero-order valence-corrected chi connectivity index (χ0v) is 10.2. The molecular weight excluding hydrogens is 242 g/mol. The van der Waals surface area contributed by atoms with Crippen LogP contribution in [0.1, 0.15) is 18.4 Å². The molecule has 1 saturated carbocycles. The molecule has 1 aromatic carbocycles. The number of fused-ring (bicyclic) bond motifs is 2. The molecule has 0 bridgehead atoms. The van der Waals surface area contributed by atoms with Crippen molar-refractivity contribution in [2.24, 2.45) is 5.14 Å². The van der Waals surface area contributed by atoms with Gasteiger partial charge in [-0.3, -0.25) is 0 Å². The van der Waals surface area contributed by atoms with Crippen molar-refractivity contribution >= 4 is 10.0 Å². The van der Waals surface area contributed by atoms with Crippen LogP contribution in [0.5, 0.6) is 11.5 Å². The number of primary sulfonamides is 1. The van der Waals surface area contributed by atoms with Crippen molar-refractivity contribution in [1.82, 2.24) is 0 Å². The van der Waals surface area contributed by atoms with E-state index >= 15 is 0 Å². The van der Waals surface area contributed by atoms with E-state index in [2.05, 4.69) is 0 Å². The van der Waals surface area contributed by atoms with E-state index in [1.54, 1.807) is 6.07 Å². The van der Waals surface area contributed by atoms with E-state index in [1.165, 1.54) is 7.11 Å². The smallest absolute Gasteiger partial charge is 0.245 e. The maximum absolute atomic E-state index is 11.6. The molecule has 5 nitrogen and oxygen atoms in total. The fourth-order valence-electron chi connectivity index (χ4n) is 2.39. The Bertz CT molecular complexity index is 590. The Morgan fingerprint density at radius 3 is 2.65 bits per heavy atom. The monoisotopic (exact) mass is 255 g/mol. The molecule has 1 fully saturated rings. The Balaban J connectivity index is 2.29. The first-order valence-electron chi connectivity index (χ1n) is 5.35. The lowest BCUT2D eigenvalue weighted by atomic mass is 9.98. The molecule has 1 aromatic rings. The summed E-state index contributed by atoms with van der Waals surface area (Å²) in [6.07, 6.45) is 2.08. The number of methoxy groups -OCH3 is 1. The maximum Gasteiger partial charge on any atom is 0.245 e. The second-order valence-corrected chi connectivity index (χ2v) is 6.09. The first-order valence-corrected chi connectivity index (χ1v) is 6.90. The third kappa shape index (κ3) is 1.44. The molecule has 2 N–H and O–H groups in total. The van der Waals surface area contributed by atoms with Crippen LogP contribution in [-0.4, -0.2) is 22.1 Å². The van der Waals surface area contributed by atoms with Crippen molar-refractivity contribution in [2.45, 2.75) is 23.2 Å². The van der Waals surface area contributed by atoms with Crippen LogP contribution >= 0.6 is 0 Å². The van der Waals surface area contributed by atoms with Gasteiger partial charge in [0.2, 0.25) is 10.0 Å². The molecule has 17 heavy (non-hydrogen) atoms. The summed E-state index contributed by atoms with van der Waals surface area (Å²) in [5.41, 5.74) is 0.975. The summed E-state index contributed by atoms with van der Waals surface area (Å²) < 4.78 is 33.8. The van der Waals surface area contributed by atoms with Gasteiger partial charge < -0.3 is 9.47 Å². The highest BCUT2D eigenvalue weighted by atomic mass is 32.2. The Labute approximate surface area is 99.6 Å². The Hall–Kier alpha value is -1.27. The molecule has 1 spiro atoms. The van der Waals surface area contributed by atoms with Gasteiger partial charge >= 0.3 is 0 Å². The Morgan fingerprint density at radius 1 is 1.41 bits per heavy atom. The van der Waals surface area contributed by atoms with Gasteiger partial charge in [0, 0.05) is 11.0 Å². The minimum atomic E-state index is -3.84. The zero-order chi connectivity index (χ0) is 12.3. The molecule has 0 aromatic heterocycles. The molecule has 0 amide bonds. The molecule has 3 rings (SSSR count). The van der Waals surface area contributed by atoms with Crippen LogP contribution in [0, 0.1) is 0 Å². The minimum absolute atomic E-state index is 0.0266. The summed E-state index contributed by atoms with van der Waals surface area (Å²) in [4.78, 5) is -0.0266. The number of hydrogen-bond acceptors (Lipinski definition) is 4. The quantitative estimate of drug-likeness (QED) is 0.846. The highest BCUT2D eigenvalue weighted by molar-refractivity contribution is 7.89. The third-order valence-corrected chi connectivity index (χ3v) is 4.45. The van der Waals surface area contributed by atoms with Gasteiger partial charge in [0.15, 0.2) is 4.90 Å². The van der Waals surface area contributed by atoms with E-state index in [4.69, 9.17) is 14.6 Å². The first-order chi connectivity index (χ1) is 7.98. The average molecular weight is 255 g/mol. The molecule has 2 aliphatic rings. The van der Waals surface area contributed by atoms with E-state index in [0.717, 1.165) is 18.4 Å². The van der Waals surface area contributed by atoms with Gasteiger partial charge in [-0.1, -0.05) is 6.07 Å². The molecule has 0 atom stereocenters. The van der Waals surface area contributed by atoms with E-state index in [9.17, 15) is 8.42 Å². The van der Waals surface area contributed by atoms with Gasteiger partial charge in [-0.25, -0.2) is 13.6 Å². The zero-order valence-electron chi connectivity index (χ0n) is 9.39. The molecule has 0 saturated heterocycles. The normalized spacial score (nSPS) is 19.9. The van der Waals surface area contributed by atoms with Crippen molar-refractivity contribution in [3.8, 4) is 11.5 Å². The molecule has 6 heteroatoms. The van der Waals surface area contributed by atoms with E-state index in [0.29, 0.717) is 12.4 Å². The molecule has 0 unspecified atom stereocenters. The maximum atomic E-state index is 11.6. The van der Waals surface area contributed by atoms with Crippen LogP contribution in [0.4, 0.5) is 0 Å². The topological polar surface area (TPSA) is 78.6 Å². The lowest BCUT2D eigenvalue weighted by molar-refractivity contribution is 0.313. The highest BCUT2D eigenvalue weighted by Gasteiger charge is 2.52. The molecular formula is C11H13NO4S. The summed E-state index contributed by atoms with van der Waals surface area (Å²) in [5.74, 6) is 0.619. The molecule has 0 radical (unpaired) electrons. The number of hydrogen-bond donors (Lipinski definition) is 1.